The number of carbonyl (C=O) groups is 2. The van der Waals surface area contributed by atoms with Crippen molar-refractivity contribution < 1.29 is 14.3 Å². The van der Waals surface area contributed by atoms with Gasteiger partial charge in [-0.25, -0.2) is 5.01 Å². The first kappa shape index (κ1) is 30.1. The maximum Gasteiger partial charge on any atom is 0.258 e. The zero-order chi connectivity index (χ0) is 22.4. The number of nitrogens with one attached hydrogen (secondary N) is 1. The molecule has 0 spiro atoms. The molecule has 1 aliphatic rings. The highest BCUT2D eigenvalue weighted by atomic mass is 16.5. The number of nitrogens with zero attached hydrogens (tertiary/aromatic N) is 1. The number of benzene rings is 1. The van der Waals surface area contributed by atoms with Crippen LogP contribution in [0.1, 0.15) is 40.0 Å². The molecule has 1 heterocycles. The van der Waals surface area contributed by atoms with Crippen molar-refractivity contribution in [1.29, 1.82) is 0 Å². The summed E-state index contributed by atoms with van der Waals surface area (Å²) in [5.74, 6) is -0.850. The number of hydrogen-bond acceptors (Lipinski definition) is 3. The molecule has 0 aromatic heterocycles. The van der Waals surface area contributed by atoms with Gasteiger partial charge in [0.05, 0.1) is 5.69 Å². The van der Waals surface area contributed by atoms with Crippen LogP contribution in [0.2, 0.25) is 0 Å². The van der Waals surface area contributed by atoms with Gasteiger partial charge in [0.25, 0.3) is 11.8 Å². The maximum absolute atomic E-state index is 12.1. The summed E-state index contributed by atoms with van der Waals surface area (Å²) in [7, 11) is 0. The lowest BCUT2D eigenvalue weighted by molar-refractivity contribution is -0.127. The van der Waals surface area contributed by atoms with Crippen molar-refractivity contribution in [1.82, 2.24) is 5.43 Å². The Kier molecular flexibility index (Phi) is 24.0. The van der Waals surface area contributed by atoms with Crippen LogP contribution in [0.15, 0.2) is 69.8 Å². The minimum Gasteiger partial charge on any atom is -0.382 e. The third kappa shape index (κ3) is 11.9. The van der Waals surface area contributed by atoms with E-state index in [2.05, 4.69) is 44.9 Å². The van der Waals surface area contributed by atoms with Crippen molar-refractivity contribution >= 4 is 17.5 Å². The van der Waals surface area contributed by atoms with E-state index in [1.54, 1.807) is 12.1 Å². The lowest BCUT2D eigenvalue weighted by Gasteiger charge is -2.14. The summed E-state index contributed by atoms with van der Waals surface area (Å²) in [4.78, 5) is 23.8. The molecule has 5 heteroatoms. The first-order chi connectivity index (χ1) is 13.7. The molecule has 1 fully saturated rings. The summed E-state index contributed by atoms with van der Waals surface area (Å²) in [5.41, 5.74) is 3.34. The Bertz CT molecular complexity index is 499. The van der Waals surface area contributed by atoms with Gasteiger partial charge in [0.1, 0.15) is 5.92 Å². The minimum atomic E-state index is -0.518. The molecule has 158 valence electrons. The normalized spacial score (nSPS) is 13.8. The molecule has 1 aromatic carbocycles. The quantitative estimate of drug-likeness (QED) is 0.528. The second kappa shape index (κ2) is 22.4. The third-order valence-corrected chi connectivity index (χ3v) is 3.33. The lowest BCUT2D eigenvalue weighted by atomic mass is 10.0. The van der Waals surface area contributed by atoms with Crippen LogP contribution in [0, 0.1) is 5.92 Å². The average molecular weight is 391 g/mol. The van der Waals surface area contributed by atoms with Gasteiger partial charge in [-0.1, -0.05) is 38.0 Å². The summed E-state index contributed by atoms with van der Waals surface area (Å²) in [6.07, 6.45) is 2.51. The van der Waals surface area contributed by atoms with Crippen molar-refractivity contribution in [3.8, 4) is 0 Å². The highest BCUT2D eigenvalue weighted by Gasteiger charge is 2.39. The van der Waals surface area contributed by atoms with Gasteiger partial charge in [-0.15, -0.1) is 39.5 Å². The van der Waals surface area contributed by atoms with E-state index in [-0.39, 0.29) is 11.8 Å². The smallest absolute Gasteiger partial charge is 0.258 e. The Morgan fingerprint density at radius 3 is 1.82 bits per heavy atom. The number of carbonyl (C=O) groups excluding carboxylic acids is 2. The summed E-state index contributed by atoms with van der Waals surface area (Å²) < 4.78 is 4.83. The molecular formula is C23H38N2O3. The Balaban J connectivity index is -0.000000481. The monoisotopic (exact) mass is 390 g/mol. The van der Waals surface area contributed by atoms with Gasteiger partial charge in [0.2, 0.25) is 0 Å². The summed E-state index contributed by atoms with van der Waals surface area (Å²) in [6, 6.07) is 9.17. The van der Waals surface area contributed by atoms with Gasteiger partial charge in [0, 0.05) is 13.2 Å². The second-order valence-corrected chi connectivity index (χ2v) is 4.96. The van der Waals surface area contributed by atoms with Crippen molar-refractivity contribution in [2.45, 2.75) is 40.0 Å². The van der Waals surface area contributed by atoms with Crippen molar-refractivity contribution in [2.24, 2.45) is 5.92 Å². The molecule has 1 saturated heterocycles. The molecule has 1 aromatic rings. The van der Waals surface area contributed by atoms with Gasteiger partial charge < -0.3 is 4.74 Å². The van der Waals surface area contributed by atoms with E-state index in [0.29, 0.717) is 12.1 Å². The Labute approximate surface area is 171 Å². The first-order valence-corrected chi connectivity index (χ1v) is 9.42. The van der Waals surface area contributed by atoms with E-state index in [1.165, 1.54) is 5.01 Å². The zero-order valence-corrected chi connectivity index (χ0v) is 17.9. The standard InChI is InChI=1S/C13H16N2O2.C4H10O.3C2H4/c1-2-3-9-11-12(16)14-15(13(11)17)10-7-5-4-6-8-10;1-3-5-4-2;3*1-2/h4-8,11H,2-3,9H2,1H3,(H,14,16);3-4H2,1-2H3;3*1-2H2. The van der Waals surface area contributed by atoms with Crippen molar-refractivity contribution in [2.75, 3.05) is 18.2 Å². The van der Waals surface area contributed by atoms with Gasteiger partial charge >= 0.3 is 0 Å². The molecule has 1 atom stereocenters. The molecular weight excluding hydrogens is 352 g/mol. The molecule has 2 rings (SSSR count). The van der Waals surface area contributed by atoms with Crippen LogP contribution in [-0.4, -0.2) is 25.0 Å². The van der Waals surface area contributed by atoms with Crippen LogP contribution < -0.4 is 10.4 Å². The number of hydrazine groups is 1. The molecule has 5 nitrogen and oxygen atoms in total. The summed E-state index contributed by atoms with van der Waals surface area (Å²) in [6.45, 7) is 25.7. The molecule has 0 aliphatic carbocycles. The van der Waals surface area contributed by atoms with Gasteiger partial charge in [-0.2, -0.15) is 0 Å². The van der Waals surface area contributed by atoms with E-state index >= 15 is 0 Å². The second-order valence-electron chi connectivity index (χ2n) is 4.96. The molecule has 1 N–H and O–H groups in total. The number of hydrogen-bond donors (Lipinski definition) is 1. The highest BCUT2D eigenvalue weighted by molar-refractivity contribution is 6.14. The number of amides is 2. The molecule has 0 bridgehead atoms. The number of unbranched alkanes of at least 4 members (excludes halogenated alkanes) is 1. The fourth-order valence-corrected chi connectivity index (χ4v) is 2.15. The predicted molar refractivity (Wildman–Crippen MR) is 121 cm³/mol. The SMILES string of the molecule is C=C.C=C.C=C.CCCCC1C(=O)NN(c2ccccc2)C1=O.CCOCC. The summed E-state index contributed by atoms with van der Waals surface area (Å²) >= 11 is 0. The average Bonchev–Trinajstić information content (AvgIpc) is 3.06. The molecule has 1 aliphatic heterocycles. The molecule has 0 radical (unpaired) electrons. The zero-order valence-electron chi connectivity index (χ0n) is 17.9. The van der Waals surface area contributed by atoms with Crippen LogP contribution in [-0.2, 0) is 14.3 Å². The fraction of sp³-hybridized carbons (Fsp3) is 0.391. The van der Waals surface area contributed by atoms with Crippen LogP contribution in [0.4, 0.5) is 5.69 Å². The van der Waals surface area contributed by atoms with Crippen LogP contribution in [0.5, 0.6) is 0 Å². The van der Waals surface area contributed by atoms with E-state index in [9.17, 15) is 9.59 Å². The number of anilines is 1. The highest BCUT2D eigenvalue weighted by Crippen LogP contribution is 2.22. The van der Waals surface area contributed by atoms with E-state index in [0.717, 1.165) is 26.1 Å². The van der Waals surface area contributed by atoms with Gasteiger partial charge in [-0.3, -0.25) is 15.0 Å². The Morgan fingerprint density at radius 2 is 1.43 bits per heavy atom. The van der Waals surface area contributed by atoms with E-state index in [4.69, 9.17) is 4.74 Å². The van der Waals surface area contributed by atoms with Crippen LogP contribution >= 0.6 is 0 Å². The van der Waals surface area contributed by atoms with Gasteiger partial charge in [-0.05, 0) is 32.4 Å². The fourth-order valence-electron chi connectivity index (χ4n) is 2.15. The molecule has 1 unspecified atom stereocenters. The minimum absolute atomic E-state index is 0.144. The summed E-state index contributed by atoms with van der Waals surface area (Å²) in [5, 5.41) is 1.35. The Hall–Kier alpha value is -2.66. The molecule has 2 amide bonds. The maximum atomic E-state index is 12.1. The number of ether oxygens (including phenoxy) is 1. The van der Waals surface area contributed by atoms with E-state index < -0.39 is 5.92 Å². The lowest BCUT2D eigenvalue weighted by Crippen LogP contribution is -2.35. The topological polar surface area (TPSA) is 58.6 Å². The number of rotatable bonds is 6. The van der Waals surface area contributed by atoms with Crippen molar-refractivity contribution in [3.63, 3.8) is 0 Å². The van der Waals surface area contributed by atoms with E-state index in [1.807, 2.05) is 39.0 Å². The first-order valence-electron chi connectivity index (χ1n) is 9.42. The molecule has 28 heavy (non-hydrogen) atoms. The largest absolute Gasteiger partial charge is 0.382 e. The van der Waals surface area contributed by atoms with Crippen LogP contribution in [0.25, 0.3) is 0 Å². The third-order valence-electron chi connectivity index (χ3n) is 3.33. The number of para-hydroxylation sites is 1. The van der Waals surface area contributed by atoms with Gasteiger partial charge in [0.15, 0.2) is 0 Å². The van der Waals surface area contributed by atoms with Crippen molar-refractivity contribution in [3.05, 3.63) is 69.8 Å². The predicted octanol–water partition coefficient (Wildman–Crippen LogP) is 5.32. The Morgan fingerprint density at radius 1 is 0.929 bits per heavy atom. The molecule has 0 saturated carbocycles. The van der Waals surface area contributed by atoms with Crippen LogP contribution in [0.3, 0.4) is 0 Å².